The first-order chi connectivity index (χ1) is 12.5. The second-order valence-electron chi connectivity index (χ2n) is 6.88. The van der Waals surface area contributed by atoms with E-state index < -0.39 is 11.9 Å². The van der Waals surface area contributed by atoms with Crippen molar-refractivity contribution in [3.8, 4) is 0 Å². The van der Waals surface area contributed by atoms with E-state index in [4.69, 9.17) is 0 Å². The van der Waals surface area contributed by atoms with Crippen molar-refractivity contribution in [2.45, 2.75) is 32.2 Å². The van der Waals surface area contributed by atoms with Crippen LogP contribution in [0.2, 0.25) is 0 Å². The van der Waals surface area contributed by atoms with Crippen LogP contribution in [-0.2, 0) is 22.6 Å². The summed E-state index contributed by atoms with van der Waals surface area (Å²) < 4.78 is 13.3. The van der Waals surface area contributed by atoms with E-state index in [1.165, 1.54) is 12.1 Å². The van der Waals surface area contributed by atoms with E-state index in [1.807, 2.05) is 37.3 Å². The fraction of sp³-hybridized carbons (Fsp3) is 0.333. The standard InChI is InChI=1S/C21H22FNO3/c1-14(9-10-15-5-4-7-17(22)11-15)20(24)23-12-16-6-2-3-8-18(16)19(13-23)21(25)26/h2-8,11,14,19H,9-10,12-13H2,1H3,(H,25,26). The van der Waals surface area contributed by atoms with Crippen molar-refractivity contribution < 1.29 is 19.1 Å². The van der Waals surface area contributed by atoms with E-state index >= 15 is 0 Å². The van der Waals surface area contributed by atoms with Crippen LogP contribution >= 0.6 is 0 Å². The van der Waals surface area contributed by atoms with Gasteiger partial charge in [0.05, 0.1) is 5.92 Å². The highest BCUT2D eigenvalue weighted by Crippen LogP contribution is 2.29. The zero-order valence-electron chi connectivity index (χ0n) is 14.7. The highest BCUT2D eigenvalue weighted by molar-refractivity contribution is 5.82. The van der Waals surface area contributed by atoms with Crippen LogP contribution in [0.4, 0.5) is 4.39 Å². The zero-order chi connectivity index (χ0) is 18.7. The Kier molecular flexibility index (Phi) is 5.35. The molecular weight excluding hydrogens is 333 g/mol. The molecule has 2 unspecified atom stereocenters. The minimum Gasteiger partial charge on any atom is -0.481 e. The topological polar surface area (TPSA) is 57.6 Å². The Balaban J connectivity index is 1.68. The molecule has 0 aromatic heterocycles. The Morgan fingerprint density at radius 2 is 2.00 bits per heavy atom. The molecule has 0 saturated carbocycles. The highest BCUT2D eigenvalue weighted by Gasteiger charge is 2.33. The molecule has 1 N–H and O–H groups in total. The van der Waals surface area contributed by atoms with Gasteiger partial charge in [-0.25, -0.2) is 4.39 Å². The second-order valence-corrected chi connectivity index (χ2v) is 6.88. The van der Waals surface area contributed by atoms with Crippen LogP contribution in [0, 0.1) is 11.7 Å². The number of carbonyl (C=O) groups is 2. The molecule has 26 heavy (non-hydrogen) atoms. The fourth-order valence-electron chi connectivity index (χ4n) is 3.50. The predicted octanol–water partition coefficient (Wildman–Crippen LogP) is 3.61. The molecule has 1 heterocycles. The summed E-state index contributed by atoms with van der Waals surface area (Å²) in [6.07, 6.45) is 1.20. The van der Waals surface area contributed by atoms with Gasteiger partial charge in [0.1, 0.15) is 5.82 Å². The van der Waals surface area contributed by atoms with E-state index in [-0.39, 0.29) is 24.2 Å². The first-order valence-corrected chi connectivity index (χ1v) is 8.79. The van der Waals surface area contributed by atoms with Crippen molar-refractivity contribution in [3.05, 3.63) is 71.0 Å². The van der Waals surface area contributed by atoms with E-state index in [0.29, 0.717) is 19.4 Å². The number of hydrogen-bond donors (Lipinski definition) is 1. The van der Waals surface area contributed by atoms with Gasteiger partial charge in [-0.05, 0) is 41.7 Å². The van der Waals surface area contributed by atoms with Gasteiger partial charge in [0.15, 0.2) is 0 Å². The van der Waals surface area contributed by atoms with Crippen LogP contribution < -0.4 is 0 Å². The molecule has 1 aliphatic heterocycles. The molecule has 2 aromatic carbocycles. The van der Waals surface area contributed by atoms with E-state index in [0.717, 1.165) is 16.7 Å². The van der Waals surface area contributed by atoms with Crippen molar-refractivity contribution in [2.24, 2.45) is 5.92 Å². The van der Waals surface area contributed by atoms with Gasteiger partial charge in [-0.3, -0.25) is 9.59 Å². The van der Waals surface area contributed by atoms with Crippen molar-refractivity contribution in [1.29, 1.82) is 0 Å². The number of halogens is 1. The monoisotopic (exact) mass is 355 g/mol. The number of carbonyl (C=O) groups excluding carboxylic acids is 1. The number of carboxylic acid groups (broad SMARTS) is 1. The average molecular weight is 355 g/mol. The SMILES string of the molecule is CC(CCc1cccc(F)c1)C(=O)N1Cc2ccccc2C(C(=O)O)C1. The number of carboxylic acids is 1. The summed E-state index contributed by atoms with van der Waals surface area (Å²) in [6, 6.07) is 13.8. The van der Waals surface area contributed by atoms with Crippen molar-refractivity contribution >= 4 is 11.9 Å². The van der Waals surface area contributed by atoms with Crippen molar-refractivity contribution in [2.75, 3.05) is 6.54 Å². The second kappa shape index (κ2) is 7.68. The molecule has 5 heteroatoms. The number of benzene rings is 2. The van der Waals surface area contributed by atoms with E-state index in [1.54, 1.807) is 11.0 Å². The molecule has 4 nitrogen and oxygen atoms in total. The van der Waals surface area contributed by atoms with E-state index in [2.05, 4.69) is 0 Å². The van der Waals surface area contributed by atoms with Gasteiger partial charge in [-0.1, -0.05) is 43.3 Å². The number of fused-ring (bicyclic) bond motifs is 1. The Hall–Kier alpha value is -2.69. The Labute approximate surface area is 152 Å². The molecule has 0 bridgehead atoms. The number of rotatable bonds is 5. The first kappa shape index (κ1) is 18.1. The third-order valence-electron chi connectivity index (χ3n) is 4.98. The maximum atomic E-state index is 13.3. The molecule has 1 aliphatic rings. The molecule has 1 amide bonds. The van der Waals surface area contributed by atoms with Gasteiger partial charge in [-0.2, -0.15) is 0 Å². The maximum absolute atomic E-state index is 13.3. The van der Waals surface area contributed by atoms with Crippen LogP contribution in [-0.4, -0.2) is 28.4 Å². The minimum absolute atomic E-state index is 0.0536. The smallest absolute Gasteiger partial charge is 0.312 e. The van der Waals surface area contributed by atoms with Gasteiger partial charge in [-0.15, -0.1) is 0 Å². The molecular formula is C21H22FNO3. The van der Waals surface area contributed by atoms with Gasteiger partial charge < -0.3 is 10.0 Å². The van der Waals surface area contributed by atoms with Crippen LogP contribution in [0.1, 0.15) is 36.0 Å². The average Bonchev–Trinajstić information content (AvgIpc) is 2.64. The number of hydrogen-bond acceptors (Lipinski definition) is 2. The summed E-state index contributed by atoms with van der Waals surface area (Å²) in [7, 11) is 0. The van der Waals surface area contributed by atoms with E-state index in [9.17, 15) is 19.1 Å². The quantitative estimate of drug-likeness (QED) is 0.891. The lowest BCUT2D eigenvalue weighted by atomic mass is 9.89. The summed E-state index contributed by atoms with van der Waals surface area (Å²) in [5, 5.41) is 9.53. The lowest BCUT2D eigenvalue weighted by molar-refractivity contribution is -0.142. The third-order valence-corrected chi connectivity index (χ3v) is 4.98. The molecule has 3 rings (SSSR count). The van der Waals surface area contributed by atoms with Crippen LogP contribution in [0.25, 0.3) is 0 Å². The first-order valence-electron chi connectivity index (χ1n) is 8.79. The molecule has 2 aromatic rings. The highest BCUT2D eigenvalue weighted by atomic mass is 19.1. The molecule has 136 valence electrons. The third kappa shape index (κ3) is 3.93. The predicted molar refractivity (Wildman–Crippen MR) is 96.1 cm³/mol. The number of nitrogens with zero attached hydrogens (tertiary/aromatic N) is 1. The number of aliphatic carboxylic acids is 1. The zero-order valence-corrected chi connectivity index (χ0v) is 14.7. The maximum Gasteiger partial charge on any atom is 0.312 e. The van der Waals surface area contributed by atoms with Crippen LogP contribution in [0.15, 0.2) is 48.5 Å². The van der Waals surface area contributed by atoms with Gasteiger partial charge in [0, 0.05) is 19.0 Å². The van der Waals surface area contributed by atoms with Crippen molar-refractivity contribution in [3.63, 3.8) is 0 Å². The molecule has 2 atom stereocenters. The summed E-state index contributed by atoms with van der Waals surface area (Å²) in [4.78, 5) is 26.1. The minimum atomic E-state index is -0.914. The summed E-state index contributed by atoms with van der Waals surface area (Å²) in [5.74, 6) is -2.19. The fourth-order valence-corrected chi connectivity index (χ4v) is 3.50. The lowest BCUT2D eigenvalue weighted by Gasteiger charge is -2.34. The number of aryl methyl sites for hydroxylation is 1. The Morgan fingerprint density at radius 3 is 2.73 bits per heavy atom. The Bertz CT molecular complexity index is 820. The molecule has 0 aliphatic carbocycles. The molecule has 0 fully saturated rings. The summed E-state index contributed by atoms with van der Waals surface area (Å²) in [6.45, 7) is 2.47. The Morgan fingerprint density at radius 1 is 1.23 bits per heavy atom. The van der Waals surface area contributed by atoms with Gasteiger partial charge >= 0.3 is 5.97 Å². The van der Waals surface area contributed by atoms with Gasteiger partial charge in [0.25, 0.3) is 0 Å². The summed E-state index contributed by atoms with van der Waals surface area (Å²) in [5.41, 5.74) is 2.53. The summed E-state index contributed by atoms with van der Waals surface area (Å²) >= 11 is 0. The lowest BCUT2D eigenvalue weighted by Crippen LogP contribution is -2.42. The largest absolute Gasteiger partial charge is 0.481 e. The molecule has 0 spiro atoms. The van der Waals surface area contributed by atoms with Crippen LogP contribution in [0.3, 0.4) is 0 Å². The normalized spacial score (nSPS) is 17.5. The van der Waals surface area contributed by atoms with Crippen LogP contribution in [0.5, 0.6) is 0 Å². The number of amides is 1. The van der Waals surface area contributed by atoms with Crippen molar-refractivity contribution in [1.82, 2.24) is 4.90 Å². The van der Waals surface area contributed by atoms with Gasteiger partial charge in [0.2, 0.25) is 5.91 Å². The molecule has 0 radical (unpaired) electrons. The molecule has 0 saturated heterocycles.